The fourth-order valence-corrected chi connectivity index (χ4v) is 2.53. The van der Waals surface area contributed by atoms with Gasteiger partial charge in [-0.2, -0.15) is 0 Å². The lowest BCUT2D eigenvalue weighted by Gasteiger charge is -2.13. The van der Waals surface area contributed by atoms with Crippen LogP contribution in [0.5, 0.6) is 17.2 Å². The summed E-state index contributed by atoms with van der Waals surface area (Å²) >= 11 is 9.66. The highest BCUT2D eigenvalue weighted by Crippen LogP contribution is 2.36. The van der Waals surface area contributed by atoms with Crippen LogP contribution in [-0.2, 0) is 6.42 Å². The summed E-state index contributed by atoms with van der Waals surface area (Å²) in [5.41, 5.74) is 6.54. The molecule has 20 heavy (non-hydrogen) atoms. The molecule has 0 aliphatic rings. The van der Waals surface area contributed by atoms with E-state index >= 15 is 0 Å². The van der Waals surface area contributed by atoms with Crippen molar-refractivity contribution in [2.75, 3.05) is 13.7 Å². The molecule has 3 nitrogen and oxygen atoms in total. The van der Waals surface area contributed by atoms with Crippen LogP contribution >= 0.6 is 27.5 Å². The van der Waals surface area contributed by atoms with Crippen LogP contribution in [0, 0.1) is 0 Å². The lowest BCUT2D eigenvalue weighted by atomic mass is 10.1. The van der Waals surface area contributed by atoms with Gasteiger partial charge in [0.25, 0.3) is 0 Å². The Morgan fingerprint density at radius 2 is 2.00 bits per heavy atom. The minimum absolute atomic E-state index is 0.518. The monoisotopic (exact) mass is 355 g/mol. The van der Waals surface area contributed by atoms with Crippen molar-refractivity contribution in [3.05, 3.63) is 51.5 Å². The van der Waals surface area contributed by atoms with Gasteiger partial charge in [-0.1, -0.05) is 17.7 Å². The second-order valence-corrected chi connectivity index (χ2v) is 5.42. The van der Waals surface area contributed by atoms with E-state index in [0.717, 1.165) is 15.8 Å². The molecule has 0 aromatic heterocycles. The summed E-state index contributed by atoms with van der Waals surface area (Å²) in [6.07, 6.45) is 0.669. The molecule has 0 spiro atoms. The van der Waals surface area contributed by atoms with Crippen LogP contribution in [0.25, 0.3) is 0 Å². The highest BCUT2D eigenvalue weighted by atomic mass is 79.9. The van der Waals surface area contributed by atoms with E-state index in [4.69, 9.17) is 26.8 Å². The zero-order chi connectivity index (χ0) is 14.5. The molecule has 0 bridgehead atoms. The third-order valence-corrected chi connectivity index (χ3v) is 3.80. The third kappa shape index (κ3) is 3.45. The van der Waals surface area contributed by atoms with E-state index in [-0.39, 0.29) is 0 Å². The zero-order valence-corrected chi connectivity index (χ0v) is 13.4. The smallest absolute Gasteiger partial charge is 0.141 e. The first-order valence-corrected chi connectivity index (χ1v) is 7.31. The molecule has 0 amide bonds. The molecule has 0 radical (unpaired) electrons. The first kappa shape index (κ1) is 15.2. The van der Waals surface area contributed by atoms with Crippen molar-refractivity contribution < 1.29 is 9.47 Å². The highest BCUT2D eigenvalue weighted by molar-refractivity contribution is 9.10. The van der Waals surface area contributed by atoms with E-state index in [0.29, 0.717) is 29.5 Å². The van der Waals surface area contributed by atoms with Gasteiger partial charge in [0, 0.05) is 10.6 Å². The molecule has 2 rings (SSSR count). The molecule has 2 N–H and O–H groups in total. The van der Waals surface area contributed by atoms with Crippen LogP contribution in [0.2, 0.25) is 5.02 Å². The summed E-state index contributed by atoms with van der Waals surface area (Å²) in [4.78, 5) is 0. The number of benzene rings is 2. The largest absolute Gasteiger partial charge is 0.497 e. The molecule has 0 aliphatic carbocycles. The minimum atomic E-state index is 0.518. The van der Waals surface area contributed by atoms with Gasteiger partial charge in [-0.05, 0) is 59.2 Å². The molecule has 0 heterocycles. The molecular formula is C15H15BrClNO2. The van der Waals surface area contributed by atoms with E-state index < -0.39 is 0 Å². The van der Waals surface area contributed by atoms with Gasteiger partial charge in [0.15, 0.2) is 0 Å². The second kappa shape index (κ2) is 6.97. The molecule has 0 atom stereocenters. The number of hydrogen-bond donors (Lipinski definition) is 1. The Kier molecular flexibility index (Phi) is 5.29. The number of halogens is 2. The molecule has 0 fully saturated rings. The van der Waals surface area contributed by atoms with Crippen LogP contribution in [0.3, 0.4) is 0 Å². The number of rotatable bonds is 5. The van der Waals surface area contributed by atoms with Gasteiger partial charge in [-0.3, -0.25) is 0 Å². The Morgan fingerprint density at radius 3 is 2.65 bits per heavy atom. The Labute approximate surface area is 131 Å². The maximum atomic E-state index is 6.19. The quantitative estimate of drug-likeness (QED) is 0.863. The summed E-state index contributed by atoms with van der Waals surface area (Å²) < 4.78 is 11.9. The molecule has 106 valence electrons. The van der Waals surface area contributed by atoms with E-state index in [9.17, 15) is 0 Å². The zero-order valence-electron chi connectivity index (χ0n) is 11.0. The fourth-order valence-electron chi connectivity index (χ4n) is 1.83. The topological polar surface area (TPSA) is 44.5 Å². The first-order valence-electron chi connectivity index (χ1n) is 6.14. The van der Waals surface area contributed by atoms with E-state index in [1.807, 2.05) is 36.4 Å². The Morgan fingerprint density at radius 1 is 1.20 bits per heavy atom. The summed E-state index contributed by atoms with van der Waals surface area (Å²) in [5.74, 6) is 2.18. The number of methoxy groups -OCH3 is 1. The first-order chi connectivity index (χ1) is 9.65. The van der Waals surface area contributed by atoms with Crippen molar-refractivity contribution in [2.45, 2.75) is 6.42 Å². The van der Waals surface area contributed by atoms with Gasteiger partial charge in [0.2, 0.25) is 0 Å². The average molecular weight is 357 g/mol. The van der Waals surface area contributed by atoms with Gasteiger partial charge in [0.05, 0.1) is 11.6 Å². The van der Waals surface area contributed by atoms with E-state index in [2.05, 4.69) is 15.9 Å². The molecule has 0 saturated carbocycles. The maximum absolute atomic E-state index is 6.19. The van der Waals surface area contributed by atoms with Crippen molar-refractivity contribution >= 4 is 27.5 Å². The molecule has 2 aromatic rings. The molecule has 0 saturated heterocycles. The van der Waals surface area contributed by atoms with Crippen molar-refractivity contribution in [2.24, 2.45) is 5.73 Å². The minimum Gasteiger partial charge on any atom is -0.497 e. The standard InChI is InChI=1S/C15H15BrClNO2/c1-19-10-5-6-15(12(16)9-10)20-14-4-2-3-13(17)11(14)7-8-18/h2-6,9H,7-8,18H2,1H3. The van der Waals surface area contributed by atoms with E-state index in [1.165, 1.54) is 0 Å². The molecule has 0 unspecified atom stereocenters. The van der Waals surface area contributed by atoms with Crippen molar-refractivity contribution in [1.82, 2.24) is 0 Å². The molecule has 5 heteroatoms. The molecule has 2 aromatic carbocycles. The maximum Gasteiger partial charge on any atom is 0.141 e. The normalized spacial score (nSPS) is 10.4. The van der Waals surface area contributed by atoms with Gasteiger partial charge >= 0.3 is 0 Å². The predicted molar refractivity (Wildman–Crippen MR) is 85.0 cm³/mol. The van der Waals surface area contributed by atoms with Crippen LogP contribution in [0.4, 0.5) is 0 Å². The predicted octanol–water partition coefficient (Wildman–Crippen LogP) is 4.40. The number of hydrogen-bond acceptors (Lipinski definition) is 3. The summed E-state index contributed by atoms with van der Waals surface area (Å²) in [6, 6.07) is 11.1. The van der Waals surface area contributed by atoms with Crippen molar-refractivity contribution in [3.8, 4) is 17.2 Å². The Balaban J connectivity index is 2.32. The number of ether oxygens (including phenoxy) is 2. The van der Waals surface area contributed by atoms with Crippen molar-refractivity contribution in [3.63, 3.8) is 0 Å². The third-order valence-electron chi connectivity index (χ3n) is 2.83. The fraction of sp³-hybridized carbons (Fsp3) is 0.200. The molecular weight excluding hydrogens is 342 g/mol. The van der Waals surface area contributed by atoms with Gasteiger partial charge in [0.1, 0.15) is 17.2 Å². The van der Waals surface area contributed by atoms with Crippen LogP contribution in [0.1, 0.15) is 5.56 Å². The SMILES string of the molecule is COc1ccc(Oc2cccc(Cl)c2CCN)c(Br)c1. The Hall–Kier alpha value is -1.23. The second-order valence-electron chi connectivity index (χ2n) is 4.15. The summed E-state index contributed by atoms with van der Waals surface area (Å²) in [6.45, 7) is 0.518. The van der Waals surface area contributed by atoms with Crippen LogP contribution in [-0.4, -0.2) is 13.7 Å². The number of nitrogens with two attached hydrogens (primary N) is 1. The van der Waals surface area contributed by atoms with Gasteiger partial charge in [-0.25, -0.2) is 0 Å². The van der Waals surface area contributed by atoms with Crippen LogP contribution in [0.15, 0.2) is 40.9 Å². The lowest BCUT2D eigenvalue weighted by Crippen LogP contribution is -2.04. The lowest BCUT2D eigenvalue weighted by molar-refractivity contribution is 0.412. The van der Waals surface area contributed by atoms with Gasteiger partial charge in [-0.15, -0.1) is 0 Å². The molecule has 0 aliphatic heterocycles. The van der Waals surface area contributed by atoms with Crippen molar-refractivity contribution in [1.29, 1.82) is 0 Å². The summed E-state index contributed by atoms with van der Waals surface area (Å²) in [5, 5.41) is 0.664. The summed E-state index contributed by atoms with van der Waals surface area (Å²) in [7, 11) is 1.62. The van der Waals surface area contributed by atoms with Crippen LogP contribution < -0.4 is 15.2 Å². The van der Waals surface area contributed by atoms with E-state index in [1.54, 1.807) is 7.11 Å². The highest BCUT2D eigenvalue weighted by Gasteiger charge is 2.10. The Bertz CT molecular complexity index is 604. The average Bonchev–Trinajstić information content (AvgIpc) is 2.44. The van der Waals surface area contributed by atoms with Gasteiger partial charge < -0.3 is 15.2 Å².